The van der Waals surface area contributed by atoms with Crippen molar-refractivity contribution in [2.45, 2.75) is 56.3 Å². The van der Waals surface area contributed by atoms with Gasteiger partial charge in [0, 0.05) is 31.2 Å². The molecule has 1 aromatic rings. The molecule has 1 saturated heterocycles. The molecule has 1 atom stereocenters. The molecule has 0 spiro atoms. The molecule has 1 aliphatic heterocycles. The fourth-order valence-electron chi connectivity index (χ4n) is 2.94. The summed E-state index contributed by atoms with van der Waals surface area (Å²) in [5.41, 5.74) is 0. The number of rotatable bonds is 2. The third-order valence-corrected chi connectivity index (χ3v) is 4.19. The summed E-state index contributed by atoms with van der Waals surface area (Å²) in [6.45, 7) is 1.92. The molecule has 1 saturated carbocycles. The summed E-state index contributed by atoms with van der Waals surface area (Å²) in [6.07, 6.45) is 2.93. The predicted octanol–water partition coefficient (Wildman–Crippen LogP) is 2.83. The molecule has 1 N–H and O–H groups in total. The number of piperidine rings is 1. The van der Waals surface area contributed by atoms with Crippen molar-refractivity contribution in [3.63, 3.8) is 0 Å². The minimum atomic E-state index is -2.51. The molecule has 6 heteroatoms. The summed E-state index contributed by atoms with van der Waals surface area (Å²) in [4.78, 5) is 4.44. The Morgan fingerprint density at radius 3 is 2.63 bits per heavy atom. The zero-order chi connectivity index (χ0) is 13.3. The van der Waals surface area contributed by atoms with Crippen LogP contribution in [-0.4, -0.2) is 29.2 Å². The lowest BCUT2D eigenvalue weighted by Gasteiger charge is -2.25. The van der Waals surface area contributed by atoms with Crippen molar-refractivity contribution in [1.82, 2.24) is 15.5 Å². The van der Waals surface area contributed by atoms with Crippen LogP contribution >= 0.6 is 0 Å². The molecule has 2 heterocycles. The van der Waals surface area contributed by atoms with E-state index >= 15 is 0 Å². The highest BCUT2D eigenvalue weighted by Gasteiger charge is 2.37. The fourth-order valence-corrected chi connectivity index (χ4v) is 2.94. The van der Waals surface area contributed by atoms with Gasteiger partial charge in [0.05, 0.1) is 0 Å². The van der Waals surface area contributed by atoms with Gasteiger partial charge in [0.2, 0.25) is 11.8 Å². The summed E-state index contributed by atoms with van der Waals surface area (Å²) in [5.74, 6) is -0.906. The van der Waals surface area contributed by atoms with Crippen molar-refractivity contribution >= 4 is 0 Å². The van der Waals surface area contributed by atoms with Gasteiger partial charge in [0.25, 0.3) is 0 Å². The van der Waals surface area contributed by atoms with E-state index in [0.717, 1.165) is 31.8 Å². The summed E-state index contributed by atoms with van der Waals surface area (Å²) >= 11 is 0. The second-order valence-electron chi connectivity index (χ2n) is 5.66. The SMILES string of the molecule is FC1(F)CCC(c2nc(C3CCCNC3)no2)CC1. The number of alkyl halides is 2. The van der Waals surface area contributed by atoms with Gasteiger partial charge in [-0.2, -0.15) is 4.98 Å². The number of nitrogens with one attached hydrogen (secondary N) is 1. The fraction of sp³-hybridized carbons (Fsp3) is 0.846. The van der Waals surface area contributed by atoms with Crippen molar-refractivity contribution in [2.24, 2.45) is 0 Å². The summed E-state index contributed by atoms with van der Waals surface area (Å²) in [7, 11) is 0. The second kappa shape index (κ2) is 5.15. The van der Waals surface area contributed by atoms with Crippen molar-refractivity contribution in [2.75, 3.05) is 13.1 Å². The highest BCUT2D eigenvalue weighted by Crippen LogP contribution is 2.40. The van der Waals surface area contributed by atoms with E-state index in [-0.39, 0.29) is 18.8 Å². The molecule has 0 amide bonds. The van der Waals surface area contributed by atoms with Gasteiger partial charge in [-0.3, -0.25) is 0 Å². The number of nitrogens with zero attached hydrogens (tertiary/aromatic N) is 2. The van der Waals surface area contributed by atoms with Gasteiger partial charge in [-0.05, 0) is 32.2 Å². The first kappa shape index (κ1) is 13.0. The Balaban J connectivity index is 1.64. The van der Waals surface area contributed by atoms with Crippen LogP contribution in [0.2, 0.25) is 0 Å². The van der Waals surface area contributed by atoms with E-state index in [1.54, 1.807) is 0 Å². The van der Waals surface area contributed by atoms with Crippen LogP contribution < -0.4 is 5.32 Å². The van der Waals surface area contributed by atoms with E-state index in [4.69, 9.17) is 4.52 Å². The van der Waals surface area contributed by atoms with Gasteiger partial charge in [0.1, 0.15) is 0 Å². The lowest BCUT2D eigenvalue weighted by molar-refractivity contribution is -0.0402. The first-order valence-electron chi connectivity index (χ1n) is 7.06. The van der Waals surface area contributed by atoms with Gasteiger partial charge < -0.3 is 9.84 Å². The number of hydrogen-bond donors (Lipinski definition) is 1. The Morgan fingerprint density at radius 1 is 1.16 bits per heavy atom. The van der Waals surface area contributed by atoms with Crippen LogP contribution in [0.25, 0.3) is 0 Å². The van der Waals surface area contributed by atoms with Gasteiger partial charge in [0.15, 0.2) is 5.82 Å². The smallest absolute Gasteiger partial charge is 0.248 e. The Labute approximate surface area is 111 Å². The van der Waals surface area contributed by atoms with E-state index in [1.807, 2.05) is 0 Å². The summed E-state index contributed by atoms with van der Waals surface area (Å²) in [6, 6.07) is 0. The normalized spacial score (nSPS) is 28.4. The molecule has 4 nitrogen and oxygen atoms in total. The Hall–Kier alpha value is -1.04. The maximum Gasteiger partial charge on any atom is 0.248 e. The molecule has 0 bridgehead atoms. The van der Waals surface area contributed by atoms with E-state index < -0.39 is 5.92 Å². The molecular weight excluding hydrogens is 252 g/mol. The largest absolute Gasteiger partial charge is 0.339 e. The quantitative estimate of drug-likeness (QED) is 0.898. The lowest BCUT2D eigenvalue weighted by atomic mass is 9.87. The molecule has 2 fully saturated rings. The molecule has 3 rings (SSSR count). The van der Waals surface area contributed by atoms with Crippen LogP contribution in [0.4, 0.5) is 8.78 Å². The van der Waals surface area contributed by atoms with Gasteiger partial charge in [-0.1, -0.05) is 5.16 Å². The third kappa shape index (κ3) is 2.94. The monoisotopic (exact) mass is 271 g/mol. The minimum absolute atomic E-state index is 0.0115. The Morgan fingerprint density at radius 2 is 1.95 bits per heavy atom. The predicted molar refractivity (Wildman–Crippen MR) is 65.3 cm³/mol. The summed E-state index contributed by atoms with van der Waals surface area (Å²) < 4.78 is 31.5. The second-order valence-corrected chi connectivity index (χ2v) is 5.66. The molecule has 0 aromatic carbocycles. The Bertz CT molecular complexity index is 419. The van der Waals surface area contributed by atoms with Gasteiger partial charge in [-0.25, -0.2) is 8.78 Å². The maximum atomic E-state index is 13.1. The first-order chi connectivity index (χ1) is 9.14. The average Bonchev–Trinajstić information content (AvgIpc) is 2.89. The van der Waals surface area contributed by atoms with Crippen molar-refractivity contribution in [1.29, 1.82) is 0 Å². The van der Waals surface area contributed by atoms with Crippen LogP contribution in [0.15, 0.2) is 4.52 Å². The van der Waals surface area contributed by atoms with E-state index in [0.29, 0.717) is 24.7 Å². The topological polar surface area (TPSA) is 51.0 Å². The van der Waals surface area contributed by atoms with Crippen LogP contribution in [0, 0.1) is 0 Å². The molecule has 2 aliphatic rings. The zero-order valence-corrected chi connectivity index (χ0v) is 10.9. The number of halogens is 2. The molecule has 1 aromatic heterocycles. The molecular formula is C13H19F2N3O. The Kier molecular flexibility index (Phi) is 3.52. The molecule has 0 radical (unpaired) electrons. The van der Waals surface area contributed by atoms with E-state index in [2.05, 4.69) is 15.5 Å². The maximum absolute atomic E-state index is 13.1. The van der Waals surface area contributed by atoms with Crippen LogP contribution in [0.3, 0.4) is 0 Å². The van der Waals surface area contributed by atoms with Crippen LogP contribution in [-0.2, 0) is 0 Å². The molecule has 1 unspecified atom stereocenters. The molecule has 19 heavy (non-hydrogen) atoms. The third-order valence-electron chi connectivity index (χ3n) is 4.19. The number of hydrogen-bond acceptors (Lipinski definition) is 4. The standard InChI is InChI=1S/C13H19F2N3O/c14-13(15)5-3-9(4-6-13)12-17-11(18-19-12)10-2-1-7-16-8-10/h9-10,16H,1-8H2. The van der Waals surface area contributed by atoms with Crippen LogP contribution in [0.5, 0.6) is 0 Å². The van der Waals surface area contributed by atoms with Crippen molar-refractivity contribution < 1.29 is 13.3 Å². The first-order valence-corrected chi connectivity index (χ1v) is 7.06. The average molecular weight is 271 g/mol. The summed E-state index contributed by atoms with van der Waals surface area (Å²) in [5, 5.41) is 7.35. The number of aromatic nitrogens is 2. The van der Waals surface area contributed by atoms with E-state index in [1.165, 1.54) is 0 Å². The highest BCUT2D eigenvalue weighted by molar-refractivity contribution is 5.02. The van der Waals surface area contributed by atoms with E-state index in [9.17, 15) is 8.78 Å². The lowest BCUT2D eigenvalue weighted by Crippen LogP contribution is -2.29. The zero-order valence-electron chi connectivity index (χ0n) is 10.9. The van der Waals surface area contributed by atoms with Crippen molar-refractivity contribution in [3.05, 3.63) is 11.7 Å². The highest BCUT2D eigenvalue weighted by atomic mass is 19.3. The molecule has 1 aliphatic carbocycles. The van der Waals surface area contributed by atoms with Gasteiger partial charge >= 0.3 is 0 Å². The molecule has 106 valence electrons. The van der Waals surface area contributed by atoms with Crippen LogP contribution in [0.1, 0.15) is 62.1 Å². The van der Waals surface area contributed by atoms with Crippen molar-refractivity contribution in [3.8, 4) is 0 Å². The minimum Gasteiger partial charge on any atom is -0.339 e. The van der Waals surface area contributed by atoms with Gasteiger partial charge in [-0.15, -0.1) is 0 Å².